The molecule has 3 aromatic rings. The molecule has 0 unspecified atom stereocenters. The molecule has 0 aromatic heterocycles. The van der Waals surface area contributed by atoms with Crippen molar-refractivity contribution in [1.82, 2.24) is 0 Å². The Balaban J connectivity index is 1.75. The number of benzene rings is 3. The summed E-state index contributed by atoms with van der Waals surface area (Å²) in [5.41, 5.74) is 3.83. The highest BCUT2D eigenvalue weighted by molar-refractivity contribution is 5.50. The van der Waals surface area contributed by atoms with E-state index in [9.17, 15) is 0 Å². The summed E-state index contributed by atoms with van der Waals surface area (Å²) in [5, 5.41) is 0. The highest BCUT2D eigenvalue weighted by Gasteiger charge is 2.09. The van der Waals surface area contributed by atoms with E-state index < -0.39 is 0 Å². The van der Waals surface area contributed by atoms with Crippen LogP contribution in [0.1, 0.15) is 30.9 Å². The van der Waals surface area contributed by atoms with Gasteiger partial charge in [0.05, 0.1) is 6.61 Å². The summed E-state index contributed by atoms with van der Waals surface area (Å²) >= 11 is 0. The van der Waals surface area contributed by atoms with Gasteiger partial charge in [-0.2, -0.15) is 0 Å². The lowest BCUT2D eigenvalue weighted by Crippen LogP contribution is -2.22. The van der Waals surface area contributed by atoms with Crippen LogP contribution in [0.2, 0.25) is 0 Å². The molecule has 26 heavy (non-hydrogen) atoms. The number of hydrogen-bond donors (Lipinski definition) is 0. The second-order valence-electron chi connectivity index (χ2n) is 6.52. The van der Waals surface area contributed by atoms with E-state index in [0.717, 1.165) is 38.3 Å². The van der Waals surface area contributed by atoms with Gasteiger partial charge in [-0.3, -0.25) is 0 Å². The molecular weight excluding hydrogens is 318 g/mol. The van der Waals surface area contributed by atoms with Crippen molar-refractivity contribution in [2.24, 2.45) is 0 Å². The summed E-state index contributed by atoms with van der Waals surface area (Å²) in [5.74, 6) is 0.946. The Morgan fingerprint density at radius 2 is 1.23 bits per heavy atom. The number of rotatable bonds is 9. The molecule has 0 heterocycles. The van der Waals surface area contributed by atoms with Crippen molar-refractivity contribution in [2.45, 2.75) is 32.9 Å². The van der Waals surface area contributed by atoms with Crippen LogP contribution in [0.5, 0.6) is 5.75 Å². The Kier molecular flexibility index (Phi) is 6.72. The van der Waals surface area contributed by atoms with E-state index in [2.05, 4.69) is 96.8 Å². The van der Waals surface area contributed by atoms with Crippen LogP contribution in [0.25, 0.3) is 0 Å². The van der Waals surface area contributed by atoms with Crippen LogP contribution in [-0.4, -0.2) is 6.61 Å². The first kappa shape index (κ1) is 18.1. The molecule has 134 valence electrons. The van der Waals surface area contributed by atoms with Crippen LogP contribution in [0.4, 0.5) is 5.69 Å². The van der Waals surface area contributed by atoms with Crippen LogP contribution in [0.3, 0.4) is 0 Å². The summed E-state index contributed by atoms with van der Waals surface area (Å²) in [4.78, 5) is 2.40. The molecule has 0 amide bonds. The topological polar surface area (TPSA) is 12.5 Å². The van der Waals surface area contributed by atoms with Crippen LogP contribution in [0.15, 0.2) is 84.9 Å². The SMILES string of the molecule is CCCCOc1ccc(N(Cc2ccccc2)Cc2ccccc2)cc1. The highest BCUT2D eigenvalue weighted by atomic mass is 16.5. The van der Waals surface area contributed by atoms with E-state index in [1.165, 1.54) is 16.8 Å². The number of ether oxygens (including phenoxy) is 1. The van der Waals surface area contributed by atoms with E-state index in [-0.39, 0.29) is 0 Å². The lowest BCUT2D eigenvalue weighted by molar-refractivity contribution is 0.309. The van der Waals surface area contributed by atoms with Gasteiger partial charge in [-0.05, 0) is 41.8 Å². The van der Waals surface area contributed by atoms with E-state index in [0.29, 0.717) is 0 Å². The number of nitrogens with zero attached hydrogens (tertiary/aromatic N) is 1. The third-order valence-electron chi connectivity index (χ3n) is 4.40. The minimum Gasteiger partial charge on any atom is -0.494 e. The molecule has 0 saturated heterocycles. The molecule has 0 N–H and O–H groups in total. The summed E-state index contributed by atoms with van der Waals surface area (Å²) in [6.07, 6.45) is 2.25. The van der Waals surface area contributed by atoms with Gasteiger partial charge in [-0.15, -0.1) is 0 Å². The first-order valence-electron chi connectivity index (χ1n) is 9.41. The Morgan fingerprint density at radius 1 is 0.692 bits per heavy atom. The zero-order valence-electron chi connectivity index (χ0n) is 15.5. The first-order chi connectivity index (χ1) is 12.8. The molecule has 0 bridgehead atoms. The molecule has 3 rings (SSSR count). The molecule has 0 radical (unpaired) electrons. The maximum Gasteiger partial charge on any atom is 0.119 e. The van der Waals surface area contributed by atoms with Gasteiger partial charge in [0.1, 0.15) is 5.75 Å². The lowest BCUT2D eigenvalue weighted by Gasteiger charge is -2.25. The molecule has 0 aliphatic heterocycles. The Hall–Kier alpha value is -2.74. The quantitative estimate of drug-likeness (QED) is 0.436. The van der Waals surface area contributed by atoms with E-state index in [1.54, 1.807) is 0 Å². The zero-order chi connectivity index (χ0) is 18.0. The molecular formula is C24H27NO. The Bertz CT molecular complexity index is 712. The smallest absolute Gasteiger partial charge is 0.119 e. The maximum atomic E-state index is 5.80. The Labute approximate surface area is 157 Å². The predicted octanol–water partition coefficient (Wildman–Crippen LogP) is 6.07. The van der Waals surface area contributed by atoms with Crippen molar-refractivity contribution in [1.29, 1.82) is 0 Å². The average molecular weight is 345 g/mol. The molecule has 0 atom stereocenters. The summed E-state index contributed by atoms with van der Waals surface area (Å²) in [6.45, 7) is 4.72. The van der Waals surface area contributed by atoms with Gasteiger partial charge in [0.15, 0.2) is 0 Å². The maximum absolute atomic E-state index is 5.80. The number of anilines is 1. The molecule has 2 heteroatoms. The van der Waals surface area contributed by atoms with Gasteiger partial charge in [0.2, 0.25) is 0 Å². The van der Waals surface area contributed by atoms with E-state index in [1.807, 2.05) is 0 Å². The molecule has 0 aliphatic carbocycles. The predicted molar refractivity (Wildman–Crippen MR) is 110 cm³/mol. The normalized spacial score (nSPS) is 10.5. The Morgan fingerprint density at radius 3 is 1.73 bits per heavy atom. The largest absolute Gasteiger partial charge is 0.494 e. The van der Waals surface area contributed by atoms with Gasteiger partial charge in [-0.1, -0.05) is 74.0 Å². The zero-order valence-corrected chi connectivity index (χ0v) is 15.5. The van der Waals surface area contributed by atoms with Crippen molar-refractivity contribution in [3.63, 3.8) is 0 Å². The van der Waals surface area contributed by atoms with Crippen LogP contribution in [-0.2, 0) is 13.1 Å². The van der Waals surface area contributed by atoms with Gasteiger partial charge < -0.3 is 9.64 Å². The van der Waals surface area contributed by atoms with Crippen molar-refractivity contribution in [2.75, 3.05) is 11.5 Å². The first-order valence-corrected chi connectivity index (χ1v) is 9.41. The minimum atomic E-state index is 0.785. The fraction of sp³-hybridized carbons (Fsp3) is 0.250. The van der Waals surface area contributed by atoms with Gasteiger partial charge in [-0.25, -0.2) is 0 Å². The number of unbranched alkanes of at least 4 members (excludes halogenated alkanes) is 1. The molecule has 0 aliphatic rings. The fourth-order valence-electron chi connectivity index (χ4n) is 2.93. The van der Waals surface area contributed by atoms with Crippen LogP contribution in [0, 0.1) is 0 Å². The fourth-order valence-corrected chi connectivity index (χ4v) is 2.93. The van der Waals surface area contributed by atoms with Gasteiger partial charge >= 0.3 is 0 Å². The van der Waals surface area contributed by atoms with Crippen molar-refractivity contribution in [3.8, 4) is 5.75 Å². The molecule has 0 fully saturated rings. The van der Waals surface area contributed by atoms with E-state index >= 15 is 0 Å². The average Bonchev–Trinajstić information content (AvgIpc) is 2.70. The van der Waals surface area contributed by atoms with Crippen molar-refractivity contribution >= 4 is 5.69 Å². The molecule has 0 spiro atoms. The van der Waals surface area contributed by atoms with Crippen LogP contribution >= 0.6 is 0 Å². The van der Waals surface area contributed by atoms with Gasteiger partial charge in [0.25, 0.3) is 0 Å². The highest BCUT2D eigenvalue weighted by Crippen LogP contribution is 2.23. The summed E-state index contributed by atoms with van der Waals surface area (Å²) in [6, 6.07) is 29.7. The standard InChI is InChI=1S/C24H27NO/c1-2-3-18-26-24-16-14-23(15-17-24)25(19-21-10-6-4-7-11-21)20-22-12-8-5-9-13-22/h4-17H,2-3,18-20H2,1H3. The molecule has 3 aromatic carbocycles. The third-order valence-corrected chi connectivity index (χ3v) is 4.40. The van der Waals surface area contributed by atoms with Crippen molar-refractivity contribution in [3.05, 3.63) is 96.1 Å². The number of hydrogen-bond acceptors (Lipinski definition) is 2. The second kappa shape index (κ2) is 9.67. The van der Waals surface area contributed by atoms with Gasteiger partial charge in [0, 0.05) is 18.8 Å². The summed E-state index contributed by atoms with van der Waals surface area (Å²) < 4.78 is 5.80. The third kappa shape index (κ3) is 5.38. The van der Waals surface area contributed by atoms with Crippen molar-refractivity contribution < 1.29 is 4.74 Å². The second-order valence-corrected chi connectivity index (χ2v) is 6.52. The van der Waals surface area contributed by atoms with Crippen LogP contribution < -0.4 is 9.64 Å². The minimum absolute atomic E-state index is 0.785. The summed E-state index contributed by atoms with van der Waals surface area (Å²) in [7, 11) is 0. The molecule has 0 saturated carbocycles. The monoisotopic (exact) mass is 345 g/mol. The van der Waals surface area contributed by atoms with E-state index in [4.69, 9.17) is 4.74 Å². The lowest BCUT2D eigenvalue weighted by atomic mass is 10.1. The molecule has 2 nitrogen and oxygen atoms in total.